The Bertz CT molecular complexity index is 1150. The minimum Gasteiger partial charge on any atom is -0.481 e. The molecule has 3 aromatic rings. The zero-order valence-corrected chi connectivity index (χ0v) is 20.1. The Kier molecular flexibility index (Phi) is 6.89. The van der Waals surface area contributed by atoms with E-state index in [-0.39, 0.29) is 23.8 Å². The summed E-state index contributed by atoms with van der Waals surface area (Å²) in [5.74, 6) is 1.49. The molecule has 6 nitrogen and oxygen atoms in total. The molecule has 2 aliphatic rings. The van der Waals surface area contributed by atoms with E-state index in [1.54, 1.807) is 19.3 Å². The predicted molar refractivity (Wildman–Crippen MR) is 133 cm³/mol. The molecule has 1 fully saturated rings. The van der Waals surface area contributed by atoms with Crippen LogP contribution in [0.1, 0.15) is 61.1 Å². The molecule has 2 amide bonds. The van der Waals surface area contributed by atoms with Gasteiger partial charge in [-0.1, -0.05) is 49.2 Å². The van der Waals surface area contributed by atoms with Gasteiger partial charge >= 0.3 is 0 Å². The van der Waals surface area contributed by atoms with E-state index in [0.717, 1.165) is 43.2 Å². The molecule has 6 heteroatoms. The van der Waals surface area contributed by atoms with Crippen LogP contribution in [0.4, 0.5) is 0 Å². The number of hydrogen-bond donors (Lipinski definition) is 1. The van der Waals surface area contributed by atoms with Gasteiger partial charge in [-0.15, -0.1) is 0 Å². The number of hydrogen-bond acceptors (Lipinski definition) is 4. The molecular formula is C29H32N2O4. The molecule has 0 bridgehead atoms. The quantitative estimate of drug-likeness (QED) is 0.524. The van der Waals surface area contributed by atoms with Crippen molar-refractivity contribution in [3.05, 3.63) is 89.4 Å². The molecular weight excluding hydrogens is 440 g/mol. The van der Waals surface area contributed by atoms with Crippen LogP contribution in [0.3, 0.4) is 0 Å². The Labute approximate surface area is 206 Å². The van der Waals surface area contributed by atoms with E-state index in [1.807, 2.05) is 36.4 Å². The van der Waals surface area contributed by atoms with E-state index in [1.165, 1.54) is 5.56 Å². The number of ether oxygens (including phenoxy) is 1. The minimum absolute atomic E-state index is 0.125. The van der Waals surface area contributed by atoms with Gasteiger partial charge in [0.05, 0.1) is 18.8 Å². The molecule has 1 aliphatic heterocycles. The van der Waals surface area contributed by atoms with Crippen molar-refractivity contribution in [1.82, 2.24) is 10.2 Å². The second kappa shape index (κ2) is 10.4. The molecule has 35 heavy (non-hydrogen) atoms. The smallest absolute Gasteiger partial charge is 0.261 e. The number of nitrogens with one attached hydrogen (secondary N) is 1. The SMILES string of the molecule is CC(Oc1ccc2c(c1)C(c1ccccc1)N(C(=O)C1CCCC1)CC2)C(=O)NCc1ccco1. The molecule has 1 saturated carbocycles. The fourth-order valence-corrected chi connectivity index (χ4v) is 5.29. The summed E-state index contributed by atoms with van der Waals surface area (Å²) in [5.41, 5.74) is 3.40. The van der Waals surface area contributed by atoms with Gasteiger partial charge in [0.1, 0.15) is 11.5 Å². The highest BCUT2D eigenvalue weighted by molar-refractivity contribution is 5.81. The molecule has 0 radical (unpaired) electrons. The van der Waals surface area contributed by atoms with E-state index < -0.39 is 6.10 Å². The average molecular weight is 473 g/mol. The molecule has 2 atom stereocenters. The van der Waals surface area contributed by atoms with Gasteiger partial charge in [-0.2, -0.15) is 0 Å². The Morgan fingerprint density at radius 1 is 1.09 bits per heavy atom. The van der Waals surface area contributed by atoms with Crippen molar-refractivity contribution >= 4 is 11.8 Å². The fraction of sp³-hybridized carbons (Fsp3) is 0.379. The Hall–Kier alpha value is -3.54. The van der Waals surface area contributed by atoms with Crippen molar-refractivity contribution < 1.29 is 18.7 Å². The molecule has 0 spiro atoms. The number of furan rings is 1. The number of carbonyl (C=O) groups is 2. The third-order valence-electron chi connectivity index (χ3n) is 7.15. The zero-order chi connectivity index (χ0) is 24.2. The monoisotopic (exact) mass is 472 g/mol. The second-order valence-corrected chi connectivity index (χ2v) is 9.49. The predicted octanol–water partition coefficient (Wildman–Crippen LogP) is 5.03. The molecule has 182 valence electrons. The lowest BCUT2D eigenvalue weighted by molar-refractivity contribution is -0.137. The van der Waals surface area contributed by atoms with Gasteiger partial charge in [0.15, 0.2) is 6.10 Å². The lowest BCUT2D eigenvalue weighted by Crippen LogP contribution is -2.43. The topological polar surface area (TPSA) is 71.8 Å². The van der Waals surface area contributed by atoms with E-state index in [9.17, 15) is 9.59 Å². The van der Waals surface area contributed by atoms with Gasteiger partial charge in [0.25, 0.3) is 5.91 Å². The van der Waals surface area contributed by atoms with Gasteiger partial charge in [-0.3, -0.25) is 9.59 Å². The maximum atomic E-state index is 13.5. The normalized spacial score (nSPS) is 18.7. The van der Waals surface area contributed by atoms with Crippen LogP contribution in [-0.4, -0.2) is 29.4 Å². The van der Waals surface area contributed by atoms with Crippen LogP contribution < -0.4 is 10.1 Å². The fourth-order valence-electron chi connectivity index (χ4n) is 5.29. The van der Waals surface area contributed by atoms with E-state index in [2.05, 4.69) is 28.4 Å². The van der Waals surface area contributed by atoms with Gasteiger partial charge in [0.2, 0.25) is 5.91 Å². The van der Waals surface area contributed by atoms with Crippen LogP contribution in [0.25, 0.3) is 0 Å². The van der Waals surface area contributed by atoms with Crippen molar-refractivity contribution in [2.24, 2.45) is 5.92 Å². The molecule has 1 N–H and O–H groups in total. The summed E-state index contributed by atoms with van der Waals surface area (Å²) < 4.78 is 11.3. The second-order valence-electron chi connectivity index (χ2n) is 9.49. The van der Waals surface area contributed by atoms with Gasteiger partial charge in [-0.25, -0.2) is 0 Å². The molecule has 0 saturated heterocycles. The maximum Gasteiger partial charge on any atom is 0.261 e. The van der Waals surface area contributed by atoms with Crippen molar-refractivity contribution in [1.29, 1.82) is 0 Å². The van der Waals surface area contributed by atoms with Gasteiger partial charge < -0.3 is 19.4 Å². The standard InChI is InChI=1S/C29H32N2O4/c1-20(28(32)30-19-25-12-7-17-34-25)35-24-14-13-21-15-16-31(29(33)23-10-5-6-11-23)27(26(21)18-24)22-8-3-2-4-9-22/h2-4,7-9,12-14,17-18,20,23,27H,5-6,10-11,15-16,19H2,1H3,(H,30,32). The van der Waals surface area contributed by atoms with Crippen LogP contribution in [0.2, 0.25) is 0 Å². The minimum atomic E-state index is -0.669. The average Bonchev–Trinajstić information content (AvgIpc) is 3.61. The molecule has 5 rings (SSSR count). The summed E-state index contributed by atoms with van der Waals surface area (Å²) in [6.07, 6.45) is 5.96. The number of rotatable bonds is 7. The van der Waals surface area contributed by atoms with Crippen LogP contribution in [0.15, 0.2) is 71.3 Å². The lowest BCUT2D eigenvalue weighted by Gasteiger charge is -2.39. The highest BCUT2D eigenvalue weighted by Gasteiger charge is 2.36. The third-order valence-corrected chi connectivity index (χ3v) is 7.15. The van der Waals surface area contributed by atoms with Crippen molar-refractivity contribution in [2.75, 3.05) is 6.54 Å². The highest BCUT2D eigenvalue weighted by Crippen LogP contribution is 2.39. The largest absolute Gasteiger partial charge is 0.481 e. The number of amides is 2. The summed E-state index contributed by atoms with van der Waals surface area (Å²) in [6, 6.07) is 19.7. The number of fused-ring (bicyclic) bond motifs is 1. The van der Waals surface area contributed by atoms with E-state index in [0.29, 0.717) is 24.6 Å². The van der Waals surface area contributed by atoms with Gasteiger partial charge in [0, 0.05) is 12.5 Å². The van der Waals surface area contributed by atoms with Crippen molar-refractivity contribution in [3.63, 3.8) is 0 Å². The van der Waals surface area contributed by atoms with Crippen molar-refractivity contribution in [3.8, 4) is 5.75 Å². The van der Waals surface area contributed by atoms with E-state index >= 15 is 0 Å². The Balaban J connectivity index is 1.38. The number of benzene rings is 2. The molecule has 2 aromatic carbocycles. The Morgan fingerprint density at radius 3 is 2.63 bits per heavy atom. The molecule has 1 aromatic heterocycles. The lowest BCUT2D eigenvalue weighted by atomic mass is 9.87. The third kappa shape index (κ3) is 5.11. The van der Waals surface area contributed by atoms with Crippen LogP contribution in [0, 0.1) is 5.92 Å². The summed E-state index contributed by atoms with van der Waals surface area (Å²) in [5, 5.41) is 2.84. The summed E-state index contributed by atoms with van der Waals surface area (Å²) in [6.45, 7) is 2.77. The van der Waals surface area contributed by atoms with E-state index in [4.69, 9.17) is 9.15 Å². The first-order chi connectivity index (χ1) is 17.1. The first-order valence-corrected chi connectivity index (χ1v) is 12.5. The first kappa shape index (κ1) is 23.2. The molecule has 1 aliphatic carbocycles. The highest BCUT2D eigenvalue weighted by atomic mass is 16.5. The zero-order valence-electron chi connectivity index (χ0n) is 20.1. The van der Waals surface area contributed by atoms with Crippen molar-refractivity contribution in [2.45, 2.75) is 57.7 Å². The number of carbonyl (C=O) groups excluding carboxylic acids is 2. The first-order valence-electron chi connectivity index (χ1n) is 12.5. The Morgan fingerprint density at radius 2 is 1.89 bits per heavy atom. The maximum absolute atomic E-state index is 13.5. The summed E-state index contributed by atoms with van der Waals surface area (Å²) in [4.78, 5) is 28.2. The molecule has 2 heterocycles. The number of nitrogens with zero attached hydrogens (tertiary/aromatic N) is 1. The molecule has 2 unspecified atom stereocenters. The summed E-state index contributed by atoms with van der Waals surface area (Å²) in [7, 11) is 0. The summed E-state index contributed by atoms with van der Waals surface area (Å²) >= 11 is 0. The van der Waals surface area contributed by atoms with Crippen LogP contribution in [-0.2, 0) is 22.6 Å². The van der Waals surface area contributed by atoms with Gasteiger partial charge in [-0.05, 0) is 67.1 Å². The van der Waals surface area contributed by atoms with Crippen LogP contribution in [0.5, 0.6) is 5.75 Å². The van der Waals surface area contributed by atoms with Crippen LogP contribution >= 0.6 is 0 Å².